The Morgan fingerprint density at radius 1 is 1.59 bits per heavy atom. The molecule has 0 aliphatic heterocycles. The summed E-state index contributed by atoms with van der Waals surface area (Å²) in [7, 11) is 1.33. The molecule has 1 aromatic rings. The summed E-state index contributed by atoms with van der Waals surface area (Å²) in [5.41, 5.74) is 1.25. The predicted octanol–water partition coefficient (Wildman–Crippen LogP) is 1.29. The number of carbonyl (C=O) groups is 1. The van der Waals surface area contributed by atoms with Gasteiger partial charge in [0.15, 0.2) is 5.16 Å². The van der Waals surface area contributed by atoms with Gasteiger partial charge in [-0.3, -0.25) is 9.59 Å². The van der Waals surface area contributed by atoms with Crippen molar-refractivity contribution in [2.24, 2.45) is 0 Å². The Hall–Kier alpha value is -1.30. The number of methoxy groups -OCH3 is 1. The Kier molecular flexibility index (Phi) is 4.74. The molecule has 5 nitrogen and oxygen atoms in total. The van der Waals surface area contributed by atoms with Gasteiger partial charge in [0.25, 0.3) is 5.56 Å². The molecule has 0 spiro atoms. The number of aromatic nitrogens is 2. The van der Waals surface area contributed by atoms with Crippen LogP contribution in [0.2, 0.25) is 0 Å². The maximum absolute atomic E-state index is 11.7. The van der Waals surface area contributed by atoms with Crippen molar-refractivity contribution >= 4 is 17.7 Å². The van der Waals surface area contributed by atoms with Crippen molar-refractivity contribution in [1.29, 1.82) is 0 Å². The van der Waals surface area contributed by atoms with Gasteiger partial charge in [0, 0.05) is 11.3 Å². The van der Waals surface area contributed by atoms with Crippen LogP contribution in [0.4, 0.5) is 0 Å². The fraction of sp³-hybridized carbons (Fsp3) is 0.545. The average molecular weight is 256 g/mol. The fourth-order valence-corrected chi connectivity index (χ4v) is 2.31. The molecule has 1 N–H and O–H groups in total. The smallest absolute Gasteiger partial charge is 0.318 e. The molecule has 0 unspecified atom stereocenters. The van der Waals surface area contributed by atoms with Crippen LogP contribution in [0.3, 0.4) is 0 Å². The quantitative estimate of drug-likeness (QED) is 0.499. The number of carbonyl (C=O) groups excluding carboxylic acids is 1. The van der Waals surface area contributed by atoms with Crippen LogP contribution >= 0.6 is 11.8 Å². The highest BCUT2D eigenvalue weighted by Gasteiger charge is 2.17. The van der Waals surface area contributed by atoms with Gasteiger partial charge in [-0.2, -0.15) is 0 Å². The standard InChI is InChI=1S/C11H16N2O3S/c1-5-8-6(2)12-11(13-9(8)14)17-7(3)10(15)16-4/h7H,5H2,1-4H3,(H,12,13,14)/t7-/m0/s1. The van der Waals surface area contributed by atoms with Gasteiger partial charge in [-0.05, 0) is 20.3 Å². The molecule has 17 heavy (non-hydrogen) atoms. The maximum Gasteiger partial charge on any atom is 0.318 e. The van der Waals surface area contributed by atoms with E-state index in [0.717, 1.165) is 0 Å². The van der Waals surface area contributed by atoms with Crippen molar-refractivity contribution in [2.45, 2.75) is 37.6 Å². The Balaban J connectivity index is 2.94. The predicted molar refractivity (Wildman–Crippen MR) is 66.3 cm³/mol. The summed E-state index contributed by atoms with van der Waals surface area (Å²) < 4.78 is 4.61. The molecule has 0 radical (unpaired) electrons. The molecule has 1 atom stereocenters. The van der Waals surface area contributed by atoms with Crippen LogP contribution in [-0.4, -0.2) is 28.3 Å². The van der Waals surface area contributed by atoms with Gasteiger partial charge in [-0.25, -0.2) is 4.98 Å². The lowest BCUT2D eigenvalue weighted by Crippen LogP contribution is -2.19. The van der Waals surface area contributed by atoms with Crippen molar-refractivity contribution < 1.29 is 9.53 Å². The van der Waals surface area contributed by atoms with E-state index in [0.29, 0.717) is 22.8 Å². The third-order valence-electron chi connectivity index (χ3n) is 2.38. The molecule has 0 saturated carbocycles. The molecule has 0 saturated heterocycles. The van der Waals surface area contributed by atoms with Crippen LogP contribution in [0.25, 0.3) is 0 Å². The first-order valence-electron chi connectivity index (χ1n) is 5.33. The van der Waals surface area contributed by atoms with E-state index in [4.69, 9.17) is 0 Å². The van der Waals surface area contributed by atoms with E-state index in [9.17, 15) is 9.59 Å². The van der Waals surface area contributed by atoms with E-state index in [1.807, 2.05) is 6.92 Å². The molecular weight excluding hydrogens is 240 g/mol. The highest BCUT2D eigenvalue weighted by molar-refractivity contribution is 8.00. The average Bonchev–Trinajstić information content (AvgIpc) is 2.27. The van der Waals surface area contributed by atoms with Crippen molar-refractivity contribution in [1.82, 2.24) is 9.97 Å². The van der Waals surface area contributed by atoms with Gasteiger partial charge in [0.2, 0.25) is 0 Å². The number of esters is 1. The van der Waals surface area contributed by atoms with Gasteiger partial charge < -0.3 is 9.72 Å². The van der Waals surface area contributed by atoms with Gasteiger partial charge in [0.1, 0.15) is 5.25 Å². The Bertz CT molecular complexity index is 470. The summed E-state index contributed by atoms with van der Waals surface area (Å²) in [6.07, 6.45) is 0.645. The highest BCUT2D eigenvalue weighted by atomic mass is 32.2. The van der Waals surface area contributed by atoms with E-state index in [1.165, 1.54) is 18.9 Å². The van der Waals surface area contributed by atoms with Crippen LogP contribution in [0, 0.1) is 6.92 Å². The summed E-state index contributed by atoms with van der Waals surface area (Å²) in [6.45, 7) is 5.41. The van der Waals surface area contributed by atoms with E-state index in [-0.39, 0.29) is 11.5 Å². The SMILES string of the molecule is CCc1c(C)nc(S[C@@H](C)C(=O)OC)[nH]c1=O. The summed E-state index contributed by atoms with van der Waals surface area (Å²) >= 11 is 1.18. The number of H-pyrrole nitrogens is 1. The van der Waals surface area contributed by atoms with Gasteiger partial charge >= 0.3 is 5.97 Å². The number of thioether (sulfide) groups is 1. The molecule has 0 aliphatic rings. The summed E-state index contributed by atoms with van der Waals surface area (Å²) in [4.78, 5) is 29.9. The van der Waals surface area contributed by atoms with Crippen LogP contribution in [0.15, 0.2) is 9.95 Å². The minimum absolute atomic E-state index is 0.139. The second kappa shape index (κ2) is 5.86. The number of hydrogen-bond donors (Lipinski definition) is 1. The third kappa shape index (κ3) is 3.33. The molecule has 1 aromatic heterocycles. The number of hydrogen-bond acceptors (Lipinski definition) is 5. The van der Waals surface area contributed by atoms with E-state index in [2.05, 4.69) is 14.7 Å². The number of aromatic amines is 1. The first-order chi connectivity index (χ1) is 7.99. The van der Waals surface area contributed by atoms with E-state index >= 15 is 0 Å². The number of nitrogens with one attached hydrogen (secondary N) is 1. The van der Waals surface area contributed by atoms with Crippen molar-refractivity contribution in [2.75, 3.05) is 7.11 Å². The normalized spacial score (nSPS) is 12.2. The lowest BCUT2D eigenvalue weighted by atomic mass is 10.2. The van der Waals surface area contributed by atoms with Crippen LogP contribution in [0.1, 0.15) is 25.1 Å². The Morgan fingerprint density at radius 2 is 2.24 bits per heavy atom. The number of aryl methyl sites for hydroxylation is 1. The van der Waals surface area contributed by atoms with Gasteiger partial charge in [0.05, 0.1) is 7.11 Å². The largest absolute Gasteiger partial charge is 0.468 e. The Labute approximate surface area is 104 Å². The van der Waals surface area contributed by atoms with Crippen LogP contribution in [-0.2, 0) is 16.0 Å². The number of nitrogens with zero attached hydrogens (tertiary/aromatic N) is 1. The minimum Gasteiger partial charge on any atom is -0.468 e. The minimum atomic E-state index is -0.393. The molecule has 1 rings (SSSR count). The summed E-state index contributed by atoms with van der Waals surface area (Å²) in [6, 6.07) is 0. The zero-order chi connectivity index (χ0) is 13.0. The molecule has 1 heterocycles. The maximum atomic E-state index is 11.7. The highest BCUT2D eigenvalue weighted by Crippen LogP contribution is 2.19. The summed E-state index contributed by atoms with van der Waals surface area (Å²) in [5.74, 6) is -0.338. The number of rotatable bonds is 4. The topological polar surface area (TPSA) is 72.0 Å². The van der Waals surface area contributed by atoms with Crippen molar-refractivity contribution in [3.05, 3.63) is 21.6 Å². The lowest BCUT2D eigenvalue weighted by Gasteiger charge is -2.09. The zero-order valence-corrected chi connectivity index (χ0v) is 11.2. The monoisotopic (exact) mass is 256 g/mol. The fourth-order valence-electron chi connectivity index (χ4n) is 1.44. The first-order valence-corrected chi connectivity index (χ1v) is 6.21. The van der Waals surface area contributed by atoms with Crippen LogP contribution < -0.4 is 5.56 Å². The molecule has 0 bridgehead atoms. The molecule has 0 fully saturated rings. The van der Waals surface area contributed by atoms with Gasteiger partial charge in [-0.15, -0.1) is 0 Å². The van der Waals surface area contributed by atoms with Crippen molar-refractivity contribution in [3.8, 4) is 0 Å². The van der Waals surface area contributed by atoms with E-state index in [1.54, 1.807) is 13.8 Å². The molecule has 0 aliphatic carbocycles. The number of ether oxygens (including phenoxy) is 1. The molecule has 94 valence electrons. The van der Waals surface area contributed by atoms with Gasteiger partial charge in [-0.1, -0.05) is 18.7 Å². The lowest BCUT2D eigenvalue weighted by molar-refractivity contribution is -0.139. The molecular formula is C11H16N2O3S. The van der Waals surface area contributed by atoms with E-state index < -0.39 is 5.25 Å². The second-order valence-electron chi connectivity index (χ2n) is 3.57. The van der Waals surface area contributed by atoms with Crippen molar-refractivity contribution in [3.63, 3.8) is 0 Å². The van der Waals surface area contributed by atoms with Crippen LogP contribution in [0.5, 0.6) is 0 Å². The summed E-state index contributed by atoms with van der Waals surface area (Å²) in [5, 5.41) is 0.0534. The molecule has 6 heteroatoms. The zero-order valence-electron chi connectivity index (χ0n) is 10.4. The molecule has 0 aromatic carbocycles. The first kappa shape index (κ1) is 13.8. The second-order valence-corrected chi connectivity index (χ2v) is 4.90. The Morgan fingerprint density at radius 3 is 2.71 bits per heavy atom. The third-order valence-corrected chi connectivity index (χ3v) is 3.34. The molecule has 0 amide bonds.